The largest absolute Gasteiger partial charge is 0.496 e. The summed E-state index contributed by atoms with van der Waals surface area (Å²) in [7, 11) is 1.70. The fraction of sp³-hybridized carbons (Fsp3) is 0.458. The number of nitrogens with one attached hydrogen (secondary N) is 1. The normalized spacial score (nSPS) is 16.7. The number of methoxy groups -OCH3 is 1. The van der Waals surface area contributed by atoms with Gasteiger partial charge in [0.2, 0.25) is 5.95 Å². The predicted molar refractivity (Wildman–Crippen MR) is 123 cm³/mol. The first-order chi connectivity index (χ1) is 15.7. The van der Waals surface area contributed by atoms with Crippen LogP contribution in [0.1, 0.15) is 41.6 Å². The van der Waals surface area contributed by atoms with Gasteiger partial charge in [0.15, 0.2) is 0 Å². The second kappa shape index (κ2) is 9.16. The molecule has 0 aliphatic carbocycles. The van der Waals surface area contributed by atoms with Gasteiger partial charge in [-0.3, -0.25) is 19.4 Å². The number of H-pyrrole nitrogens is 1. The topological polar surface area (TPSA) is 79.3 Å². The standard InChI is InChI=1S/C24H30N6O2/c1-32-22-7-6-18(14-19(22)16-30-12-5-9-25-30)15-28-13-8-20-21(17-28)26-24(27-23(20)31)29-10-3-2-4-11-29/h5-7,9,12,14H,2-4,8,10-11,13,15-17H2,1H3,(H,26,27,31). The number of fused-ring (bicyclic) bond motifs is 1. The summed E-state index contributed by atoms with van der Waals surface area (Å²) in [6.45, 7) is 4.96. The summed E-state index contributed by atoms with van der Waals surface area (Å²) in [5.41, 5.74) is 4.12. The highest BCUT2D eigenvalue weighted by atomic mass is 16.5. The first kappa shape index (κ1) is 20.8. The van der Waals surface area contributed by atoms with E-state index in [1.165, 1.54) is 12.0 Å². The van der Waals surface area contributed by atoms with Crippen LogP contribution in [-0.2, 0) is 26.1 Å². The minimum Gasteiger partial charge on any atom is -0.496 e. The van der Waals surface area contributed by atoms with E-state index < -0.39 is 0 Å². The number of benzene rings is 1. The van der Waals surface area contributed by atoms with Crippen molar-refractivity contribution >= 4 is 5.95 Å². The van der Waals surface area contributed by atoms with Crippen molar-refractivity contribution in [1.82, 2.24) is 24.6 Å². The third-order valence-electron chi connectivity index (χ3n) is 6.44. The lowest BCUT2D eigenvalue weighted by atomic mass is 10.0. The van der Waals surface area contributed by atoms with E-state index >= 15 is 0 Å². The molecule has 1 N–H and O–H groups in total. The molecule has 1 aromatic carbocycles. The Morgan fingerprint density at radius 3 is 2.78 bits per heavy atom. The number of aromatic amines is 1. The minimum atomic E-state index is 0.0289. The van der Waals surface area contributed by atoms with Gasteiger partial charge in [-0.05, 0) is 49.4 Å². The molecule has 1 saturated heterocycles. The van der Waals surface area contributed by atoms with E-state index in [9.17, 15) is 4.79 Å². The van der Waals surface area contributed by atoms with Crippen molar-refractivity contribution < 1.29 is 4.74 Å². The second-order valence-corrected chi connectivity index (χ2v) is 8.67. The van der Waals surface area contributed by atoms with Crippen molar-refractivity contribution in [3.05, 3.63) is 69.4 Å². The van der Waals surface area contributed by atoms with Crippen molar-refractivity contribution in [2.75, 3.05) is 31.6 Å². The Morgan fingerprint density at radius 2 is 2.00 bits per heavy atom. The molecule has 0 atom stereocenters. The van der Waals surface area contributed by atoms with E-state index in [0.717, 1.165) is 74.0 Å². The Bertz CT molecular complexity index is 1120. The summed E-state index contributed by atoms with van der Waals surface area (Å²) < 4.78 is 7.46. The number of piperidine rings is 1. The van der Waals surface area contributed by atoms with E-state index in [2.05, 4.69) is 32.0 Å². The summed E-state index contributed by atoms with van der Waals surface area (Å²) >= 11 is 0. The summed E-state index contributed by atoms with van der Waals surface area (Å²) in [5.74, 6) is 1.61. The van der Waals surface area contributed by atoms with Crippen LogP contribution in [0.25, 0.3) is 0 Å². The van der Waals surface area contributed by atoms with E-state index in [0.29, 0.717) is 13.1 Å². The molecule has 8 heteroatoms. The lowest BCUT2D eigenvalue weighted by molar-refractivity contribution is 0.240. The lowest BCUT2D eigenvalue weighted by Crippen LogP contribution is -2.38. The molecule has 0 bridgehead atoms. The van der Waals surface area contributed by atoms with E-state index in [1.807, 2.05) is 23.0 Å². The van der Waals surface area contributed by atoms with E-state index in [1.54, 1.807) is 13.3 Å². The fourth-order valence-electron chi connectivity index (χ4n) is 4.75. The number of hydrogen-bond donors (Lipinski definition) is 1. The molecule has 32 heavy (non-hydrogen) atoms. The van der Waals surface area contributed by atoms with Crippen LogP contribution in [0, 0.1) is 0 Å². The van der Waals surface area contributed by atoms with Gasteiger partial charge in [0, 0.05) is 56.2 Å². The molecule has 2 aliphatic rings. The van der Waals surface area contributed by atoms with E-state index in [-0.39, 0.29) is 5.56 Å². The summed E-state index contributed by atoms with van der Waals surface area (Å²) in [6, 6.07) is 8.27. The lowest BCUT2D eigenvalue weighted by Gasteiger charge is -2.31. The highest BCUT2D eigenvalue weighted by Crippen LogP contribution is 2.24. The molecule has 2 aliphatic heterocycles. The highest BCUT2D eigenvalue weighted by Gasteiger charge is 2.23. The average Bonchev–Trinajstić information content (AvgIpc) is 3.33. The van der Waals surface area contributed by atoms with Gasteiger partial charge in [0.1, 0.15) is 5.75 Å². The molecule has 3 aromatic rings. The maximum Gasteiger partial charge on any atom is 0.255 e. The van der Waals surface area contributed by atoms with Crippen molar-refractivity contribution in [3.8, 4) is 5.75 Å². The molecular weight excluding hydrogens is 404 g/mol. The summed E-state index contributed by atoms with van der Waals surface area (Å²) in [4.78, 5) is 25.2. The Morgan fingerprint density at radius 1 is 1.12 bits per heavy atom. The SMILES string of the molecule is COc1ccc(CN2CCc3c(nc(N4CCCCC4)[nH]c3=O)C2)cc1Cn1cccn1. The van der Waals surface area contributed by atoms with Crippen LogP contribution < -0.4 is 15.2 Å². The third-order valence-corrected chi connectivity index (χ3v) is 6.44. The van der Waals surface area contributed by atoms with Gasteiger partial charge >= 0.3 is 0 Å². The van der Waals surface area contributed by atoms with Crippen LogP contribution >= 0.6 is 0 Å². The molecule has 168 valence electrons. The van der Waals surface area contributed by atoms with Crippen LogP contribution in [-0.4, -0.2) is 51.4 Å². The number of hydrogen-bond acceptors (Lipinski definition) is 6. The Balaban J connectivity index is 1.33. The van der Waals surface area contributed by atoms with Crippen molar-refractivity contribution in [2.45, 2.75) is 45.3 Å². The first-order valence-corrected chi connectivity index (χ1v) is 11.4. The van der Waals surface area contributed by atoms with E-state index in [4.69, 9.17) is 9.72 Å². The van der Waals surface area contributed by atoms with Gasteiger partial charge in [-0.15, -0.1) is 0 Å². The van der Waals surface area contributed by atoms with Crippen LogP contribution in [0.3, 0.4) is 0 Å². The first-order valence-electron chi connectivity index (χ1n) is 11.4. The Kier molecular flexibility index (Phi) is 5.94. The summed E-state index contributed by atoms with van der Waals surface area (Å²) in [6.07, 6.45) is 8.04. The molecule has 4 heterocycles. The van der Waals surface area contributed by atoms with Gasteiger partial charge in [0.05, 0.1) is 19.3 Å². The monoisotopic (exact) mass is 434 g/mol. The number of ether oxygens (including phenoxy) is 1. The zero-order valence-electron chi connectivity index (χ0n) is 18.6. The molecule has 8 nitrogen and oxygen atoms in total. The van der Waals surface area contributed by atoms with Gasteiger partial charge in [0.25, 0.3) is 5.56 Å². The number of aromatic nitrogens is 4. The molecule has 2 aromatic heterocycles. The van der Waals surface area contributed by atoms with Crippen LogP contribution in [0.4, 0.5) is 5.95 Å². The number of anilines is 1. The van der Waals surface area contributed by atoms with Gasteiger partial charge in [-0.25, -0.2) is 4.98 Å². The fourth-order valence-corrected chi connectivity index (χ4v) is 4.75. The van der Waals surface area contributed by atoms with Gasteiger partial charge in [-0.1, -0.05) is 6.07 Å². The maximum absolute atomic E-state index is 12.7. The van der Waals surface area contributed by atoms with Crippen LogP contribution in [0.5, 0.6) is 5.75 Å². The van der Waals surface area contributed by atoms with Crippen molar-refractivity contribution in [1.29, 1.82) is 0 Å². The van der Waals surface area contributed by atoms with Crippen LogP contribution in [0.15, 0.2) is 41.5 Å². The molecule has 0 amide bonds. The minimum absolute atomic E-state index is 0.0289. The third kappa shape index (κ3) is 4.41. The Labute approximate surface area is 187 Å². The highest BCUT2D eigenvalue weighted by molar-refractivity contribution is 5.38. The summed E-state index contributed by atoms with van der Waals surface area (Å²) in [5, 5.41) is 4.32. The molecule has 5 rings (SSSR count). The van der Waals surface area contributed by atoms with Gasteiger partial charge < -0.3 is 9.64 Å². The quantitative estimate of drug-likeness (QED) is 0.642. The molecule has 0 unspecified atom stereocenters. The average molecular weight is 435 g/mol. The molecule has 0 saturated carbocycles. The number of nitrogens with zero attached hydrogens (tertiary/aromatic N) is 5. The molecule has 0 radical (unpaired) electrons. The molecular formula is C24H30N6O2. The smallest absolute Gasteiger partial charge is 0.255 e. The van der Waals surface area contributed by atoms with Gasteiger partial charge in [-0.2, -0.15) is 5.10 Å². The predicted octanol–water partition coefficient (Wildman–Crippen LogP) is 2.57. The zero-order valence-corrected chi connectivity index (χ0v) is 18.6. The van der Waals surface area contributed by atoms with Crippen molar-refractivity contribution in [3.63, 3.8) is 0 Å². The zero-order chi connectivity index (χ0) is 21.9. The maximum atomic E-state index is 12.7. The number of rotatable bonds is 6. The van der Waals surface area contributed by atoms with Crippen LogP contribution in [0.2, 0.25) is 0 Å². The Hall–Kier alpha value is -3.13. The second-order valence-electron chi connectivity index (χ2n) is 8.67. The molecule has 0 spiro atoms. The molecule has 1 fully saturated rings. The van der Waals surface area contributed by atoms with Crippen molar-refractivity contribution in [2.24, 2.45) is 0 Å².